The maximum Gasteiger partial charge on any atom is 0.0697 e. The van der Waals surface area contributed by atoms with E-state index in [0.29, 0.717) is 13.2 Å². The Bertz CT molecular complexity index is 155. The molecule has 3 N–H and O–H groups in total. The molecule has 2 unspecified atom stereocenters. The molecule has 0 bridgehead atoms. The largest absolute Gasteiger partial charge is 0.394 e. The van der Waals surface area contributed by atoms with E-state index in [-0.39, 0.29) is 18.8 Å². The second-order valence-corrected chi connectivity index (χ2v) is 4.10. The van der Waals surface area contributed by atoms with Gasteiger partial charge in [-0.05, 0) is 25.8 Å². The number of hydrogen-bond donors (Lipinski definition) is 3. The second kappa shape index (κ2) is 8.05. The van der Waals surface area contributed by atoms with Gasteiger partial charge in [0.05, 0.1) is 19.3 Å². The standard InChI is InChI=1S/C11H23NO3/c13-7-9-15-8-3-6-12-10-4-1-2-5-11(10)14/h10-14H,1-9H2. The fraction of sp³-hybridized carbons (Fsp3) is 1.00. The first-order valence-electron chi connectivity index (χ1n) is 5.94. The topological polar surface area (TPSA) is 61.7 Å². The van der Waals surface area contributed by atoms with Gasteiger partial charge in [-0.3, -0.25) is 0 Å². The summed E-state index contributed by atoms with van der Waals surface area (Å²) in [5.41, 5.74) is 0. The fourth-order valence-corrected chi connectivity index (χ4v) is 1.98. The van der Waals surface area contributed by atoms with Gasteiger partial charge in [-0.2, -0.15) is 0 Å². The quantitative estimate of drug-likeness (QED) is 0.536. The van der Waals surface area contributed by atoms with Crippen molar-refractivity contribution in [2.75, 3.05) is 26.4 Å². The third-order valence-electron chi connectivity index (χ3n) is 2.84. The van der Waals surface area contributed by atoms with Crippen molar-refractivity contribution in [2.24, 2.45) is 0 Å². The normalized spacial score (nSPS) is 26.8. The molecule has 1 saturated carbocycles. The first-order valence-corrected chi connectivity index (χ1v) is 5.94. The third-order valence-corrected chi connectivity index (χ3v) is 2.84. The Hall–Kier alpha value is -0.160. The summed E-state index contributed by atoms with van der Waals surface area (Å²) in [7, 11) is 0. The Kier molecular flexibility index (Phi) is 6.92. The molecule has 1 aliphatic carbocycles. The molecule has 1 fully saturated rings. The molecular formula is C11H23NO3. The van der Waals surface area contributed by atoms with Crippen molar-refractivity contribution in [3.8, 4) is 0 Å². The summed E-state index contributed by atoms with van der Waals surface area (Å²) in [6, 6.07) is 0.275. The highest BCUT2D eigenvalue weighted by Gasteiger charge is 2.21. The molecule has 0 aromatic carbocycles. The number of aliphatic hydroxyl groups is 2. The number of ether oxygens (including phenoxy) is 1. The van der Waals surface area contributed by atoms with Crippen molar-refractivity contribution in [3.63, 3.8) is 0 Å². The van der Waals surface area contributed by atoms with E-state index in [4.69, 9.17) is 9.84 Å². The molecule has 0 aromatic rings. The molecule has 2 atom stereocenters. The van der Waals surface area contributed by atoms with Crippen LogP contribution >= 0.6 is 0 Å². The molecule has 0 spiro atoms. The van der Waals surface area contributed by atoms with Gasteiger partial charge in [0.1, 0.15) is 0 Å². The van der Waals surface area contributed by atoms with Crippen molar-refractivity contribution in [1.29, 1.82) is 0 Å². The summed E-state index contributed by atoms with van der Waals surface area (Å²) in [4.78, 5) is 0. The number of nitrogens with one attached hydrogen (secondary N) is 1. The summed E-state index contributed by atoms with van der Waals surface area (Å²) < 4.78 is 5.15. The highest BCUT2D eigenvalue weighted by Crippen LogP contribution is 2.18. The summed E-state index contributed by atoms with van der Waals surface area (Å²) in [6.45, 7) is 2.07. The van der Waals surface area contributed by atoms with Crippen LogP contribution < -0.4 is 5.32 Å². The van der Waals surface area contributed by atoms with Crippen LogP contribution in [0.25, 0.3) is 0 Å². The molecule has 90 valence electrons. The van der Waals surface area contributed by atoms with Gasteiger partial charge >= 0.3 is 0 Å². The number of hydrogen-bond acceptors (Lipinski definition) is 4. The smallest absolute Gasteiger partial charge is 0.0697 e. The van der Waals surface area contributed by atoms with E-state index in [1.54, 1.807) is 0 Å². The van der Waals surface area contributed by atoms with Crippen LogP contribution in [0, 0.1) is 0 Å². The number of aliphatic hydroxyl groups excluding tert-OH is 2. The van der Waals surface area contributed by atoms with E-state index < -0.39 is 0 Å². The molecule has 4 nitrogen and oxygen atoms in total. The molecule has 0 radical (unpaired) electrons. The van der Waals surface area contributed by atoms with E-state index in [2.05, 4.69) is 5.32 Å². The maximum absolute atomic E-state index is 9.68. The molecule has 4 heteroatoms. The van der Waals surface area contributed by atoms with Crippen molar-refractivity contribution >= 4 is 0 Å². The predicted molar refractivity (Wildman–Crippen MR) is 58.8 cm³/mol. The minimum atomic E-state index is -0.169. The third kappa shape index (κ3) is 5.47. The average Bonchev–Trinajstić information content (AvgIpc) is 2.25. The molecule has 0 amide bonds. The van der Waals surface area contributed by atoms with E-state index >= 15 is 0 Å². The predicted octanol–water partition coefficient (Wildman–Crippen LogP) is 0.278. The van der Waals surface area contributed by atoms with Gasteiger partial charge in [-0.15, -0.1) is 0 Å². The van der Waals surface area contributed by atoms with Gasteiger partial charge < -0.3 is 20.3 Å². The zero-order chi connectivity index (χ0) is 10.9. The molecule has 0 aliphatic heterocycles. The van der Waals surface area contributed by atoms with Crippen LogP contribution in [0.3, 0.4) is 0 Å². The van der Waals surface area contributed by atoms with Crippen LogP contribution in [-0.2, 0) is 4.74 Å². The van der Waals surface area contributed by atoms with E-state index in [1.807, 2.05) is 0 Å². The Morgan fingerprint density at radius 2 is 2.00 bits per heavy atom. The summed E-state index contributed by atoms with van der Waals surface area (Å²) in [5.74, 6) is 0. The molecule has 0 saturated heterocycles. The van der Waals surface area contributed by atoms with Crippen LogP contribution in [0.1, 0.15) is 32.1 Å². The lowest BCUT2D eigenvalue weighted by Gasteiger charge is -2.28. The monoisotopic (exact) mass is 217 g/mol. The zero-order valence-corrected chi connectivity index (χ0v) is 9.32. The molecule has 1 rings (SSSR count). The van der Waals surface area contributed by atoms with Gasteiger partial charge in [0.2, 0.25) is 0 Å². The van der Waals surface area contributed by atoms with Gasteiger partial charge in [0, 0.05) is 12.6 Å². The average molecular weight is 217 g/mol. The van der Waals surface area contributed by atoms with Crippen molar-refractivity contribution in [1.82, 2.24) is 5.32 Å². The summed E-state index contributed by atoms with van der Waals surface area (Å²) >= 11 is 0. The van der Waals surface area contributed by atoms with E-state index in [9.17, 15) is 5.11 Å². The minimum Gasteiger partial charge on any atom is -0.394 e. The molecule has 0 heterocycles. The summed E-state index contributed by atoms with van der Waals surface area (Å²) in [6.07, 6.45) is 5.15. The summed E-state index contributed by atoms with van der Waals surface area (Å²) in [5, 5.41) is 21.5. The maximum atomic E-state index is 9.68. The van der Waals surface area contributed by atoms with Crippen LogP contribution in [0.5, 0.6) is 0 Å². The van der Waals surface area contributed by atoms with E-state index in [1.165, 1.54) is 6.42 Å². The molecule has 0 aromatic heterocycles. The molecule has 15 heavy (non-hydrogen) atoms. The van der Waals surface area contributed by atoms with Crippen LogP contribution in [0.15, 0.2) is 0 Å². The Labute approximate surface area is 91.6 Å². The zero-order valence-electron chi connectivity index (χ0n) is 9.32. The number of rotatable bonds is 7. The first-order chi connectivity index (χ1) is 7.34. The Morgan fingerprint density at radius 1 is 1.20 bits per heavy atom. The Balaban J connectivity index is 1.94. The first kappa shape index (κ1) is 12.9. The SMILES string of the molecule is OCCOCCCNC1CCCCC1O. The van der Waals surface area contributed by atoms with Crippen LogP contribution in [0.4, 0.5) is 0 Å². The van der Waals surface area contributed by atoms with Gasteiger partial charge in [-0.1, -0.05) is 12.8 Å². The highest BCUT2D eigenvalue weighted by atomic mass is 16.5. The van der Waals surface area contributed by atoms with Gasteiger partial charge in [-0.25, -0.2) is 0 Å². The van der Waals surface area contributed by atoms with E-state index in [0.717, 1.165) is 32.2 Å². The fourth-order valence-electron chi connectivity index (χ4n) is 1.98. The highest BCUT2D eigenvalue weighted by molar-refractivity contribution is 4.79. The van der Waals surface area contributed by atoms with Crippen LogP contribution in [-0.4, -0.2) is 48.7 Å². The van der Waals surface area contributed by atoms with Crippen molar-refractivity contribution < 1.29 is 14.9 Å². The second-order valence-electron chi connectivity index (χ2n) is 4.10. The lowest BCUT2D eigenvalue weighted by atomic mass is 9.92. The van der Waals surface area contributed by atoms with Crippen molar-refractivity contribution in [3.05, 3.63) is 0 Å². The van der Waals surface area contributed by atoms with Crippen LogP contribution in [0.2, 0.25) is 0 Å². The molecule has 1 aliphatic rings. The lowest BCUT2D eigenvalue weighted by Crippen LogP contribution is -2.42. The molecular weight excluding hydrogens is 194 g/mol. The van der Waals surface area contributed by atoms with Gasteiger partial charge in [0.25, 0.3) is 0 Å². The van der Waals surface area contributed by atoms with Crippen molar-refractivity contribution in [2.45, 2.75) is 44.2 Å². The van der Waals surface area contributed by atoms with Gasteiger partial charge in [0.15, 0.2) is 0 Å². The lowest BCUT2D eigenvalue weighted by molar-refractivity contribution is 0.0790. The Morgan fingerprint density at radius 3 is 2.73 bits per heavy atom. The minimum absolute atomic E-state index is 0.0920.